The van der Waals surface area contributed by atoms with Gasteiger partial charge >= 0.3 is 0 Å². The van der Waals surface area contributed by atoms with Crippen LogP contribution in [0.4, 0.5) is 0 Å². The maximum atomic E-state index is 9.08. The first-order chi connectivity index (χ1) is 17.2. The van der Waals surface area contributed by atoms with Gasteiger partial charge in [-0.3, -0.25) is 0 Å². The monoisotopic (exact) mass is 526 g/mol. The summed E-state index contributed by atoms with van der Waals surface area (Å²) in [6.07, 6.45) is 15.8. The Labute approximate surface area is 221 Å². The van der Waals surface area contributed by atoms with Crippen molar-refractivity contribution in [2.24, 2.45) is 11.8 Å². The van der Waals surface area contributed by atoms with E-state index >= 15 is 0 Å². The van der Waals surface area contributed by atoms with Crippen molar-refractivity contribution in [2.45, 2.75) is 134 Å². The van der Waals surface area contributed by atoms with Crippen LogP contribution < -0.4 is 0 Å². The Hall–Kier alpha value is -0.283. The largest absolute Gasteiger partial charge is 0.416 e. The molecule has 0 amide bonds. The summed E-state index contributed by atoms with van der Waals surface area (Å²) in [5, 5.41) is 9.25. The van der Waals surface area contributed by atoms with E-state index in [1.807, 2.05) is 0 Å². The van der Waals surface area contributed by atoms with Crippen molar-refractivity contribution in [3.63, 3.8) is 0 Å². The molecule has 0 spiro atoms. The molecule has 3 rings (SSSR count). The van der Waals surface area contributed by atoms with Gasteiger partial charge in [-0.15, -0.1) is 0 Å². The number of unbranched alkanes of at least 4 members (excludes halogenated alkanes) is 2. The van der Waals surface area contributed by atoms with E-state index in [9.17, 15) is 0 Å². The first kappa shape index (κ1) is 30.3. The van der Waals surface area contributed by atoms with E-state index in [-0.39, 0.29) is 42.4 Å². The Bertz CT molecular complexity index is 636. The van der Waals surface area contributed by atoms with Gasteiger partial charge in [-0.2, -0.15) is 0 Å². The highest BCUT2D eigenvalue weighted by Crippen LogP contribution is 2.43. The molecule has 6 atom stereocenters. The second-order valence-electron chi connectivity index (χ2n) is 12.5. The van der Waals surface area contributed by atoms with Gasteiger partial charge < -0.3 is 28.5 Å². The Morgan fingerprint density at radius 1 is 0.861 bits per heavy atom. The van der Waals surface area contributed by atoms with Gasteiger partial charge in [0.15, 0.2) is 20.9 Å². The van der Waals surface area contributed by atoms with Gasteiger partial charge in [0.05, 0.1) is 12.2 Å². The predicted octanol–water partition coefficient (Wildman–Crippen LogP) is 6.58. The van der Waals surface area contributed by atoms with Crippen LogP contribution in [0, 0.1) is 11.8 Å². The summed E-state index contributed by atoms with van der Waals surface area (Å²) in [4.78, 5) is 0. The zero-order chi connectivity index (χ0) is 26.0. The summed E-state index contributed by atoms with van der Waals surface area (Å²) in [5.74, 6) is 0.586. The third-order valence-corrected chi connectivity index (χ3v) is 13.2. The van der Waals surface area contributed by atoms with Crippen LogP contribution in [-0.4, -0.2) is 64.6 Å². The first-order valence-electron chi connectivity index (χ1n) is 14.6. The number of aliphatic hydroxyl groups is 1. The van der Waals surface area contributed by atoms with Gasteiger partial charge in [0.2, 0.25) is 0 Å². The van der Waals surface area contributed by atoms with Crippen molar-refractivity contribution in [1.82, 2.24) is 0 Å². The average Bonchev–Trinajstić information content (AvgIpc) is 3.16. The van der Waals surface area contributed by atoms with Gasteiger partial charge in [-0.05, 0) is 88.3 Å². The molecule has 7 heteroatoms. The van der Waals surface area contributed by atoms with Crippen molar-refractivity contribution < 1.29 is 28.5 Å². The van der Waals surface area contributed by atoms with Gasteiger partial charge in [-0.1, -0.05) is 32.9 Å². The van der Waals surface area contributed by atoms with Crippen molar-refractivity contribution in [1.29, 1.82) is 0 Å². The fourth-order valence-corrected chi connectivity index (χ4v) is 6.34. The quantitative estimate of drug-likeness (QED) is 0.166. The molecule has 0 aromatic rings. The summed E-state index contributed by atoms with van der Waals surface area (Å²) in [6, 6.07) is 0. The number of allylic oxidation sites excluding steroid dienone is 2. The van der Waals surface area contributed by atoms with E-state index in [0.717, 1.165) is 71.0 Å². The minimum absolute atomic E-state index is 0.0687. The second-order valence-corrected chi connectivity index (χ2v) is 17.3. The Balaban J connectivity index is 1.75. The van der Waals surface area contributed by atoms with Crippen LogP contribution in [-0.2, 0) is 23.4 Å². The SMILES string of the molecule is CC(C)(C)[Si](C)(C)OC[C@@H]1[C@@H](CC=CCCCCO)[C@@H](OC2CCCCO2)C[C@H]1OC1CCCCO1. The number of aliphatic hydroxyl groups excluding tert-OH is 1. The molecule has 2 saturated heterocycles. The van der Waals surface area contributed by atoms with Crippen molar-refractivity contribution in [3.05, 3.63) is 12.2 Å². The molecular weight excluding hydrogens is 472 g/mol. The molecule has 0 aromatic carbocycles. The number of hydrogen-bond acceptors (Lipinski definition) is 6. The van der Waals surface area contributed by atoms with Gasteiger partial charge in [0, 0.05) is 38.8 Å². The normalized spacial score (nSPS) is 32.4. The number of hydrogen-bond donors (Lipinski definition) is 1. The third-order valence-electron chi connectivity index (χ3n) is 8.70. The maximum Gasteiger partial charge on any atom is 0.191 e. The Morgan fingerprint density at radius 3 is 2.00 bits per heavy atom. The highest BCUT2D eigenvalue weighted by atomic mass is 28.4. The van der Waals surface area contributed by atoms with Crippen LogP contribution in [0.5, 0.6) is 0 Å². The van der Waals surface area contributed by atoms with Crippen molar-refractivity contribution in [2.75, 3.05) is 26.4 Å². The molecule has 210 valence electrons. The lowest BCUT2D eigenvalue weighted by Gasteiger charge is -2.39. The lowest BCUT2D eigenvalue weighted by Crippen LogP contribution is -2.44. The summed E-state index contributed by atoms with van der Waals surface area (Å²) in [5.41, 5.74) is 0. The highest BCUT2D eigenvalue weighted by Gasteiger charge is 2.48. The molecule has 2 unspecified atom stereocenters. The fraction of sp³-hybridized carbons (Fsp3) is 0.931. The van der Waals surface area contributed by atoms with Crippen LogP contribution in [0.15, 0.2) is 12.2 Å². The van der Waals surface area contributed by atoms with E-state index in [0.29, 0.717) is 12.5 Å². The zero-order valence-electron chi connectivity index (χ0n) is 23.7. The molecule has 1 saturated carbocycles. The predicted molar refractivity (Wildman–Crippen MR) is 146 cm³/mol. The van der Waals surface area contributed by atoms with Crippen molar-refractivity contribution >= 4 is 8.32 Å². The van der Waals surface area contributed by atoms with Crippen LogP contribution in [0.1, 0.15) is 91.4 Å². The van der Waals surface area contributed by atoms with Crippen LogP contribution in [0.3, 0.4) is 0 Å². The van der Waals surface area contributed by atoms with Gasteiger partial charge in [0.1, 0.15) is 0 Å². The van der Waals surface area contributed by atoms with E-state index < -0.39 is 8.32 Å². The summed E-state index contributed by atoms with van der Waals surface area (Å²) in [6.45, 7) is 14.1. The molecular formula is C29H54O6Si. The summed E-state index contributed by atoms with van der Waals surface area (Å²) in [7, 11) is -1.90. The Morgan fingerprint density at radius 2 is 1.47 bits per heavy atom. The smallest absolute Gasteiger partial charge is 0.191 e. The molecule has 1 N–H and O–H groups in total. The number of rotatable bonds is 13. The Kier molecular flexibility index (Phi) is 12.4. The van der Waals surface area contributed by atoms with Crippen LogP contribution in [0.2, 0.25) is 18.1 Å². The molecule has 0 radical (unpaired) electrons. The second kappa shape index (κ2) is 14.8. The zero-order valence-corrected chi connectivity index (χ0v) is 24.7. The van der Waals surface area contributed by atoms with E-state index in [1.165, 1.54) is 12.8 Å². The maximum absolute atomic E-state index is 9.08. The molecule has 0 bridgehead atoms. The van der Waals surface area contributed by atoms with Gasteiger partial charge in [-0.25, -0.2) is 0 Å². The molecule has 6 nitrogen and oxygen atoms in total. The standard InChI is InChI=1S/C29H54O6Si/c1-29(2,3)36(4,5)33-22-24-23(15-9-7-6-8-12-18-30)25(34-27-16-10-13-19-31-27)21-26(24)35-28-17-11-14-20-32-28/h7,9,23-28,30H,6,8,10-22H2,1-5H3/t23-,24-,25+,26-,27?,28?/m1/s1. The van der Waals surface area contributed by atoms with Crippen LogP contribution >= 0.6 is 0 Å². The molecule has 3 fully saturated rings. The highest BCUT2D eigenvalue weighted by molar-refractivity contribution is 6.74. The molecule has 0 aromatic heterocycles. The van der Waals surface area contributed by atoms with Gasteiger partial charge in [0.25, 0.3) is 0 Å². The average molecular weight is 527 g/mol. The lowest BCUT2D eigenvalue weighted by atomic mass is 9.90. The third kappa shape index (κ3) is 9.18. The minimum Gasteiger partial charge on any atom is -0.416 e. The summed E-state index contributed by atoms with van der Waals surface area (Å²) >= 11 is 0. The molecule has 2 heterocycles. The number of ether oxygens (including phenoxy) is 4. The summed E-state index contributed by atoms with van der Waals surface area (Å²) < 4.78 is 32.1. The van der Waals surface area contributed by atoms with Crippen molar-refractivity contribution in [3.8, 4) is 0 Å². The molecule has 1 aliphatic carbocycles. The van der Waals surface area contributed by atoms with E-state index in [4.69, 9.17) is 28.5 Å². The molecule has 36 heavy (non-hydrogen) atoms. The van der Waals surface area contributed by atoms with E-state index in [1.54, 1.807) is 0 Å². The van der Waals surface area contributed by atoms with E-state index in [2.05, 4.69) is 46.0 Å². The van der Waals surface area contributed by atoms with Crippen LogP contribution in [0.25, 0.3) is 0 Å². The first-order valence-corrected chi connectivity index (χ1v) is 17.6. The fourth-order valence-electron chi connectivity index (χ4n) is 5.29. The minimum atomic E-state index is -1.90. The molecule has 3 aliphatic rings. The molecule has 2 aliphatic heterocycles. The topological polar surface area (TPSA) is 66.4 Å². The lowest BCUT2D eigenvalue weighted by molar-refractivity contribution is -0.204.